The summed E-state index contributed by atoms with van der Waals surface area (Å²) in [6.07, 6.45) is 3.71. The van der Waals surface area contributed by atoms with Gasteiger partial charge >= 0.3 is 12.0 Å². The van der Waals surface area contributed by atoms with Crippen LogP contribution in [0.1, 0.15) is 25.8 Å². The Hall–Kier alpha value is -2.15. The lowest BCUT2D eigenvalue weighted by molar-refractivity contribution is -0.140. The first kappa shape index (κ1) is 17.9. The van der Waals surface area contributed by atoms with Crippen molar-refractivity contribution in [2.75, 3.05) is 13.2 Å². The highest BCUT2D eigenvalue weighted by atomic mass is 16.4. The van der Waals surface area contributed by atoms with E-state index >= 15 is 0 Å². The molecular formula is C15H23N3O4. The normalized spacial score (nSPS) is 12.0. The van der Waals surface area contributed by atoms with Crippen LogP contribution in [0, 0.1) is 5.92 Å². The van der Waals surface area contributed by atoms with Crippen LogP contribution in [0.25, 0.3) is 0 Å². The molecule has 0 aliphatic heterocycles. The van der Waals surface area contributed by atoms with E-state index in [0.29, 0.717) is 19.5 Å². The van der Waals surface area contributed by atoms with Crippen molar-refractivity contribution in [3.63, 3.8) is 0 Å². The van der Waals surface area contributed by atoms with Crippen LogP contribution in [0.15, 0.2) is 24.5 Å². The molecule has 0 spiro atoms. The Bertz CT molecular complexity index is 479. The van der Waals surface area contributed by atoms with Crippen molar-refractivity contribution in [1.29, 1.82) is 0 Å². The second-order valence-corrected chi connectivity index (χ2v) is 5.37. The van der Waals surface area contributed by atoms with Crippen LogP contribution in [0.2, 0.25) is 0 Å². The number of hydrogen-bond donors (Lipinski definition) is 3. The van der Waals surface area contributed by atoms with Crippen molar-refractivity contribution >= 4 is 12.0 Å². The Kier molecular flexibility index (Phi) is 7.31. The van der Waals surface area contributed by atoms with E-state index in [1.807, 2.05) is 6.07 Å². The summed E-state index contributed by atoms with van der Waals surface area (Å²) >= 11 is 0. The van der Waals surface area contributed by atoms with E-state index in [2.05, 4.69) is 10.3 Å². The van der Waals surface area contributed by atoms with Crippen LogP contribution in [-0.4, -0.2) is 51.3 Å². The molecule has 2 amide bonds. The maximum absolute atomic E-state index is 12.3. The highest BCUT2D eigenvalue weighted by Crippen LogP contribution is 2.07. The number of nitrogens with one attached hydrogen (secondary N) is 1. The first-order valence-electron chi connectivity index (χ1n) is 7.23. The molecule has 0 aliphatic rings. The molecule has 3 N–H and O–H groups in total. The summed E-state index contributed by atoms with van der Waals surface area (Å²) in [7, 11) is 0. The number of nitrogens with zero attached hydrogens (tertiary/aromatic N) is 2. The van der Waals surface area contributed by atoms with E-state index in [1.165, 1.54) is 4.90 Å². The largest absolute Gasteiger partial charge is 0.480 e. The smallest absolute Gasteiger partial charge is 0.326 e. The van der Waals surface area contributed by atoms with E-state index in [0.717, 1.165) is 5.56 Å². The van der Waals surface area contributed by atoms with Gasteiger partial charge < -0.3 is 20.4 Å². The van der Waals surface area contributed by atoms with E-state index in [1.54, 1.807) is 32.3 Å². The average molecular weight is 309 g/mol. The van der Waals surface area contributed by atoms with Gasteiger partial charge in [-0.05, 0) is 24.0 Å². The van der Waals surface area contributed by atoms with Gasteiger partial charge in [-0.1, -0.05) is 19.9 Å². The molecule has 0 saturated carbocycles. The van der Waals surface area contributed by atoms with Crippen molar-refractivity contribution in [3.8, 4) is 0 Å². The lowest BCUT2D eigenvalue weighted by Crippen LogP contribution is -2.50. The highest BCUT2D eigenvalue weighted by Gasteiger charge is 2.25. The topological polar surface area (TPSA) is 103 Å². The number of aliphatic hydroxyl groups is 1. The molecule has 0 aliphatic carbocycles. The summed E-state index contributed by atoms with van der Waals surface area (Å²) in [5, 5.41) is 20.6. The minimum absolute atomic E-state index is 0.0383. The molecule has 7 heteroatoms. The lowest BCUT2D eigenvalue weighted by Gasteiger charge is -2.26. The van der Waals surface area contributed by atoms with Gasteiger partial charge in [0.1, 0.15) is 6.04 Å². The number of carboxylic acids is 1. The molecule has 1 aromatic rings. The van der Waals surface area contributed by atoms with Gasteiger partial charge in [-0.2, -0.15) is 0 Å². The fourth-order valence-electron chi connectivity index (χ4n) is 1.96. The SMILES string of the molecule is CC(C)[C@@H](NC(=O)N(CCCO)Cc1cccnc1)C(=O)O. The zero-order chi connectivity index (χ0) is 16.5. The predicted octanol–water partition coefficient (Wildman–Crippen LogP) is 1.08. The van der Waals surface area contributed by atoms with Gasteiger partial charge in [-0.25, -0.2) is 9.59 Å². The summed E-state index contributed by atoms with van der Waals surface area (Å²) in [5.41, 5.74) is 0.840. The summed E-state index contributed by atoms with van der Waals surface area (Å²) in [6.45, 7) is 4.08. The summed E-state index contributed by atoms with van der Waals surface area (Å²) < 4.78 is 0. The number of rotatable bonds is 8. The molecular weight excluding hydrogens is 286 g/mol. The standard InChI is InChI=1S/C15H23N3O4/c1-11(2)13(14(20)21)17-15(22)18(7-4-8-19)10-12-5-3-6-16-9-12/h3,5-6,9,11,13,19H,4,7-8,10H2,1-2H3,(H,17,22)(H,20,21)/t13-/m1/s1. The van der Waals surface area contributed by atoms with Crippen LogP contribution < -0.4 is 5.32 Å². The minimum atomic E-state index is -1.06. The monoisotopic (exact) mass is 309 g/mol. The molecule has 1 atom stereocenters. The van der Waals surface area contributed by atoms with Crippen LogP contribution in [0.4, 0.5) is 4.79 Å². The number of carbonyl (C=O) groups is 2. The number of aliphatic carboxylic acids is 1. The zero-order valence-electron chi connectivity index (χ0n) is 12.9. The Balaban J connectivity index is 2.77. The maximum Gasteiger partial charge on any atom is 0.326 e. The molecule has 7 nitrogen and oxygen atoms in total. The van der Waals surface area contributed by atoms with Gasteiger partial charge in [0.25, 0.3) is 0 Å². The quantitative estimate of drug-likeness (QED) is 0.667. The first-order chi connectivity index (χ1) is 10.5. The van der Waals surface area contributed by atoms with Crippen molar-refractivity contribution < 1.29 is 19.8 Å². The number of urea groups is 1. The number of aliphatic hydroxyl groups excluding tert-OH is 1. The molecule has 1 heterocycles. The van der Waals surface area contributed by atoms with Crippen molar-refractivity contribution in [2.24, 2.45) is 5.92 Å². The predicted molar refractivity (Wildman–Crippen MR) is 81.1 cm³/mol. The summed E-state index contributed by atoms with van der Waals surface area (Å²) in [4.78, 5) is 29.0. The first-order valence-corrected chi connectivity index (χ1v) is 7.23. The Morgan fingerprint density at radius 2 is 2.14 bits per heavy atom. The fourth-order valence-corrected chi connectivity index (χ4v) is 1.96. The molecule has 0 unspecified atom stereocenters. The average Bonchev–Trinajstić information content (AvgIpc) is 2.49. The third-order valence-corrected chi connectivity index (χ3v) is 3.18. The van der Waals surface area contributed by atoms with E-state index in [4.69, 9.17) is 10.2 Å². The third-order valence-electron chi connectivity index (χ3n) is 3.18. The second-order valence-electron chi connectivity index (χ2n) is 5.37. The van der Waals surface area contributed by atoms with Crippen LogP contribution in [0.3, 0.4) is 0 Å². The molecule has 122 valence electrons. The van der Waals surface area contributed by atoms with Gasteiger partial charge in [-0.15, -0.1) is 0 Å². The van der Waals surface area contributed by atoms with Crippen molar-refractivity contribution in [3.05, 3.63) is 30.1 Å². The van der Waals surface area contributed by atoms with Crippen LogP contribution in [0.5, 0.6) is 0 Å². The zero-order valence-corrected chi connectivity index (χ0v) is 12.9. The highest BCUT2D eigenvalue weighted by molar-refractivity contribution is 5.82. The number of carboxylic acid groups (broad SMARTS) is 1. The second kappa shape index (κ2) is 8.99. The van der Waals surface area contributed by atoms with Gasteiger partial charge in [0.05, 0.1) is 0 Å². The van der Waals surface area contributed by atoms with E-state index in [-0.39, 0.29) is 12.5 Å². The summed E-state index contributed by atoms with van der Waals surface area (Å²) in [6, 6.07) is 2.20. The third kappa shape index (κ3) is 5.69. The number of carbonyl (C=O) groups excluding carboxylic acids is 1. The van der Waals surface area contributed by atoms with Gasteiger partial charge in [0.15, 0.2) is 0 Å². The minimum Gasteiger partial charge on any atom is -0.480 e. The van der Waals surface area contributed by atoms with E-state index < -0.39 is 18.0 Å². The molecule has 0 saturated heterocycles. The van der Waals surface area contributed by atoms with Crippen molar-refractivity contribution in [2.45, 2.75) is 32.9 Å². The van der Waals surface area contributed by atoms with Crippen molar-refractivity contribution in [1.82, 2.24) is 15.2 Å². The number of amides is 2. The Morgan fingerprint density at radius 3 is 2.64 bits per heavy atom. The Labute approximate surface area is 130 Å². The van der Waals surface area contributed by atoms with Gasteiger partial charge in [-0.3, -0.25) is 4.98 Å². The van der Waals surface area contributed by atoms with Crippen LogP contribution in [-0.2, 0) is 11.3 Å². The fraction of sp³-hybridized carbons (Fsp3) is 0.533. The number of hydrogen-bond acceptors (Lipinski definition) is 4. The van der Waals surface area contributed by atoms with Gasteiger partial charge in [0.2, 0.25) is 0 Å². The Morgan fingerprint density at radius 1 is 1.41 bits per heavy atom. The van der Waals surface area contributed by atoms with Crippen LogP contribution >= 0.6 is 0 Å². The molecule has 0 aromatic carbocycles. The molecule has 22 heavy (non-hydrogen) atoms. The lowest BCUT2D eigenvalue weighted by atomic mass is 10.1. The van der Waals surface area contributed by atoms with E-state index in [9.17, 15) is 9.59 Å². The molecule has 1 rings (SSSR count). The summed E-state index contributed by atoms with van der Waals surface area (Å²) in [5.74, 6) is -1.29. The molecule has 1 aromatic heterocycles. The molecule has 0 fully saturated rings. The molecule has 0 bridgehead atoms. The maximum atomic E-state index is 12.3. The number of aromatic nitrogens is 1. The molecule has 0 radical (unpaired) electrons. The van der Waals surface area contributed by atoms with Gasteiger partial charge in [0, 0.05) is 32.1 Å². The number of pyridine rings is 1.